The molecule has 0 saturated carbocycles. The lowest BCUT2D eigenvalue weighted by Gasteiger charge is -2.04. The van der Waals surface area contributed by atoms with Crippen LogP contribution in [0.1, 0.15) is 25.8 Å². The quantitative estimate of drug-likeness (QED) is 0.616. The molecule has 0 bridgehead atoms. The fraction of sp³-hybridized carbons (Fsp3) is 0.429. The highest BCUT2D eigenvalue weighted by Gasteiger charge is 2.00. The van der Waals surface area contributed by atoms with Gasteiger partial charge in [0.2, 0.25) is 0 Å². The van der Waals surface area contributed by atoms with Crippen molar-refractivity contribution < 1.29 is 4.39 Å². The summed E-state index contributed by atoms with van der Waals surface area (Å²) in [5, 5.41) is 3.28. The Morgan fingerprint density at radius 2 is 2.24 bits per heavy atom. The minimum absolute atomic E-state index is 0.206. The molecule has 1 N–H and O–H groups in total. The SMILES string of the molecule is CCNCCC=C(C)Cc1ccc(F)c(Br)c1. The molecule has 0 aliphatic carbocycles. The van der Waals surface area contributed by atoms with Gasteiger partial charge in [0.25, 0.3) is 0 Å². The lowest BCUT2D eigenvalue weighted by Crippen LogP contribution is -2.13. The molecule has 0 spiro atoms. The van der Waals surface area contributed by atoms with E-state index in [2.05, 4.69) is 41.2 Å². The van der Waals surface area contributed by atoms with Gasteiger partial charge in [-0.05, 0) is 66.5 Å². The van der Waals surface area contributed by atoms with Crippen molar-refractivity contribution in [1.29, 1.82) is 0 Å². The summed E-state index contributed by atoms with van der Waals surface area (Å²) in [6, 6.07) is 5.18. The summed E-state index contributed by atoms with van der Waals surface area (Å²) in [6.45, 7) is 6.24. The highest BCUT2D eigenvalue weighted by Crippen LogP contribution is 2.18. The fourth-order valence-electron chi connectivity index (χ4n) is 1.64. The van der Waals surface area contributed by atoms with Gasteiger partial charge in [-0.25, -0.2) is 4.39 Å². The first kappa shape index (κ1) is 14.4. The van der Waals surface area contributed by atoms with Gasteiger partial charge in [-0.3, -0.25) is 0 Å². The average molecular weight is 300 g/mol. The molecule has 3 heteroatoms. The standard InChI is InChI=1S/C14H19BrFN/c1-3-17-8-4-5-11(2)9-12-6-7-14(16)13(15)10-12/h5-7,10,17H,3-4,8-9H2,1-2H3. The summed E-state index contributed by atoms with van der Waals surface area (Å²) in [4.78, 5) is 0. The maximum Gasteiger partial charge on any atom is 0.137 e. The Balaban J connectivity index is 2.49. The van der Waals surface area contributed by atoms with Crippen molar-refractivity contribution in [2.75, 3.05) is 13.1 Å². The third-order valence-corrected chi connectivity index (χ3v) is 3.14. The normalized spacial score (nSPS) is 11.9. The van der Waals surface area contributed by atoms with E-state index in [4.69, 9.17) is 0 Å². The molecule has 1 nitrogen and oxygen atoms in total. The number of nitrogens with one attached hydrogen (secondary N) is 1. The number of rotatable bonds is 6. The van der Waals surface area contributed by atoms with Crippen LogP contribution in [0.15, 0.2) is 34.3 Å². The lowest BCUT2D eigenvalue weighted by molar-refractivity contribution is 0.620. The maximum absolute atomic E-state index is 13.1. The Morgan fingerprint density at radius 3 is 2.88 bits per heavy atom. The Labute approximate surface area is 111 Å². The molecule has 1 aromatic carbocycles. The zero-order valence-corrected chi connectivity index (χ0v) is 12.0. The van der Waals surface area contributed by atoms with Gasteiger partial charge in [0.1, 0.15) is 5.82 Å². The molecule has 0 fully saturated rings. The molecular weight excluding hydrogens is 281 g/mol. The molecule has 0 unspecified atom stereocenters. The average Bonchev–Trinajstić information content (AvgIpc) is 2.30. The van der Waals surface area contributed by atoms with E-state index in [1.807, 2.05) is 12.1 Å². The molecule has 17 heavy (non-hydrogen) atoms. The van der Waals surface area contributed by atoms with Gasteiger partial charge in [-0.15, -0.1) is 0 Å². The van der Waals surface area contributed by atoms with E-state index in [1.54, 1.807) is 0 Å². The number of benzene rings is 1. The summed E-state index contributed by atoms with van der Waals surface area (Å²) in [7, 11) is 0. The molecule has 0 aliphatic rings. The highest BCUT2D eigenvalue weighted by atomic mass is 79.9. The Morgan fingerprint density at radius 1 is 1.47 bits per heavy atom. The molecule has 0 saturated heterocycles. The number of hydrogen-bond acceptors (Lipinski definition) is 1. The van der Waals surface area contributed by atoms with E-state index >= 15 is 0 Å². The second kappa shape index (κ2) is 7.62. The number of allylic oxidation sites excluding steroid dienone is 1. The molecule has 0 heterocycles. The van der Waals surface area contributed by atoms with Crippen LogP contribution in [0.5, 0.6) is 0 Å². The molecular formula is C14H19BrFN. The third kappa shape index (κ3) is 5.46. The Kier molecular flexibility index (Phi) is 6.45. The summed E-state index contributed by atoms with van der Waals surface area (Å²) in [5.41, 5.74) is 2.46. The van der Waals surface area contributed by atoms with Gasteiger partial charge in [-0.2, -0.15) is 0 Å². The summed E-state index contributed by atoms with van der Waals surface area (Å²) in [6.07, 6.45) is 4.16. The van der Waals surface area contributed by atoms with Gasteiger partial charge in [0, 0.05) is 0 Å². The molecule has 1 aromatic rings. The van der Waals surface area contributed by atoms with Crippen LogP contribution in [0, 0.1) is 5.82 Å². The predicted octanol–water partition coefficient (Wildman–Crippen LogP) is 4.08. The van der Waals surface area contributed by atoms with Crippen LogP contribution in [0.25, 0.3) is 0 Å². The Bertz CT molecular complexity index is 388. The second-order valence-electron chi connectivity index (χ2n) is 4.12. The van der Waals surface area contributed by atoms with Gasteiger partial charge in [0.15, 0.2) is 0 Å². The van der Waals surface area contributed by atoms with Crippen molar-refractivity contribution in [1.82, 2.24) is 5.32 Å². The second-order valence-corrected chi connectivity index (χ2v) is 4.97. The van der Waals surface area contributed by atoms with Crippen molar-refractivity contribution >= 4 is 15.9 Å². The van der Waals surface area contributed by atoms with Gasteiger partial charge in [0.05, 0.1) is 4.47 Å². The van der Waals surface area contributed by atoms with Crippen LogP contribution < -0.4 is 5.32 Å². The largest absolute Gasteiger partial charge is 0.317 e. The minimum Gasteiger partial charge on any atom is -0.317 e. The van der Waals surface area contributed by atoms with Crippen LogP contribution in [-0.4, -0.2) is 13.1 Å². The van der Waals surface area contributed by atoms with Crippen LogP contribution in [-0.2, 0) is 6.42 Å². The fourth-order valence-corrected chi connectivity index (χ4v) is 2.07. The first-order chi connectivity index (χ1) is 8.13. The maximum atomic E-state index is 13.1. The lowest BCUT2D eigenvalue weighted by atomic mass is 10.1. The van der Waals surface area contributed by atoms with E-state index in [0.29, 0.717) is 4.47 Å². The molecule has 0 aliphatic heterocycles. The summed E-state index contributed by atoms with van der Waals surface area (Å²) < 4.78 is 13.6. The first-order valence-corrected chi connectivity index (χ1v) is 6.73. The van der Waals surface area contributed by atoms with Crippen molar-refractivity contribution in [3.8, 4) is 0 Å². The highest BCUT2D eigenvalue weighted by molar-refractivity contribution is 9.10. The first-order valence-electron chi connectivity index (χ1n) is 5.93. The summed E-state index contributed by atoms with van der Waals surface area (Å²) in [5.74, 6) is -0.206. The molecule has 0 radical (unpaired) electrons. The topological polar surface area (TPSA) is 12.0 Å². The van der Waals surface area contributed by atoms with E-state index in [-0.39, 0.29) is 5.82 Å². The van der Waals surface area contributed by atoms with Crippen molar-refractivity contribution in [2.45, 2.75) is 26.7 Å². The molecule has 0 amide bonds. The van der Waals surface area contributed by atoms with Crippen molar-refractivity contribution in [2.24, 2.45) is 0 Å². The van der Waals surface area contributed by atoms with Gasteiger partial charge >= 0.3 is 0 Å². The molecule has 0 atom stereocenters. The number of hydrogen-bond donors (Lipinski definition) is 1. The Hall–Kier alpha value is -0.670. The van der Waals surface area contributed by atoms with Crippen LogP contribution in [0.4, 0.5) is 4.39 Å². The third-order valence-electron chi connectivity index (χ3n) is 2.53. The van der Waals surface area contributed by atoms with E-state index < -0.39 is 0 Å². The molecule has 0 aromatic heterocycles. The zero-order valence-electron chi connectivity index (χ0n) is 10.4. The number of halogens is 2. The van der Waals surface area contributed by atoms with Crippen molar-refractivity contribution in [3.63, 3.8) is 0 Å². The van der Waals surface area contributed by atoms with Crippen LogP contribution in [0.2, 0.25) is 0 Å². The predicted molar refractivity (Wildman–Crippen MR) is 74.7 cm³/mol. The molecule has 94 valence electrons. The smallest absolute Gasteiger partial charge is 0.137 e. The van der Waals surface area contributed by atoms with Gasteiger partial charge < -0.3 is 5.32 Å². The molecule has 1 rings (SSSR count). The van der Waals surface area contributed by atoms with Crippen LogP contribution >= 0.6 is 15.9 Å². The summed E-state index contributed by atoms with van der Waals surface area (Å²) >= 11 is 3.20. The van der Waals surface area contributed by atoms with Gasteiger partial charge in [-0.1, -0.05) is 24.6 Å². The van der Waals surface area contributed by atoms with E-state index in [0.717, 1.165) is 31.5 Å². The van der Waals surface area contributed by atoms with E-state index in [9.17, 15) is 4.39 Å². The monoisotopic (exact) mass is 299 g/mol. The van der Waals surface area contributed by atoms with E-state index in [1.165, 1.54) is 11.6 Å². The van der Waals surface area contributed by atoms with Crippen molar-refractivity contribution in [3.05, 3.63) is 45.7 Å². The zero-order chi connectivity index (χ0) is 12.7. The minimum atomic E-state index is -0.206. The van der Waals surface area contributed by atoms with Crippen LogP contribution in [0.3, 0.4) is 0 Å².